The van der Waals surface area contributed by atoms with E-state index in [1.165, 1.54) is 31.4 Å². The lowest BCUT2D eigenvalue weighted by molar-refractivity contribution is -0.384. The van der Waals surface area contributed by atoms with Crippen molar-refractivity contribution in [3.8, 4) is 5.75 Å². The number of amidine groups is 1. The zero-order valence-corrected chi connectivity index (χ0v) is 21.0. The van der Waals surface area contributed by atoms with E-state index in [4.69, 9.17) is 15.9 Å². The summed E-state index contributed by atoms with van der Waals surface area (Å²) in [5.41, 5.74) is 7.08. The number of benzene rings is 2. The molecule has 1 saturated heterocycles. The summed E-state index contributed by atoms with van der Waals surface area (Å²) in [7, 11) is 0. The number of nitrogen functional groups attached to an aromatic ring is 1. The molecule has 36 heavy (non-hydrogen) atoms. The summed E-state index contributed by atoms with van der Waals surface area (Å²) in [6.07, 6.45) is 5.65. The first-order valence-corrected chi connectivity index (χ1v) is 12.7. The molecule has 0 saturated carbocycles. The molecule has 3 atom stereocenters. The topological polar surface area (TPSA) is 126 Å². The number of rotatable bonds is 9. The normalized spacial score (nSPS) is 22.1. The summed E-state index contributed by atoms with van der Waals surface area (Å²) in [5.74, 6) is 0.0571. The van der Waals surface area contributed by atoms with E-state index < -0.39 is 11.0 Å². The highest BCUT2D eigenvalue weighted by atomic mass is 16.6. The third kappa shape index (κ3) is 5.51. The summed E-state index contributed by atoms with van der Waals surface area (Å²) in [4.78, 5) is 28.7. The Morgan fingerprint density at radius 3 is 2.53 bits per heavy atom. The van der Waals surface area contributed by atoms with Crippen molar-refractivity contribution in [1.29, 1.82) is 5.41 Å². The second-order valence-electron chi connectivity index (χ2n) is 9.86. The molecule has 4 rings (SSSR count). The van der Waals surface area contributed by atoms with Crippen molar-refractivity contribution < 1.29 is 14.5 Å². The Morgan fingerprint density at radius 2 is 1.83 bits per heavy atom. The first-order valence-electron chi connectivity index (χ1n) is 12.7. The average molecular weight is 494 g/mol. The van der Waals surface area contributed by atoms with Crippen molar-refractivity contribution in [1.82, 2.24) is 4.90 Å². The monoisotopic (exact) mass is 493 g/mol. The van der Waals surface area contributed by atoms with Gasteiger partial charge in [0.2, 0.25) is 6.10 Å². The van der Waals surface area contributed by atoms with Crippen LogP contribution in [0.4, 0.5) is 11.4 Å². The fraction of sp³-hybridized carbons (Fsp3) is 0.481. The molecular weight excluding hydrogens is 458 g/mol. The van der Waals surface area contributed by atoms with Crippen molar-refractivity contribution in [2.45, 2.75) is 70.6 Å². The number of non-ortho nitro benzene ring substituents is 1. The summed E-state index contributed by atoms with van der Waals surface area (Å²) in [6, 6.07) is 12.4. The fourth-order valence-corrected chi connectivity index (χ4v) is 5.33. The number of carbonyl (C=O) groups excluding carboxylic acids is 1. The molecule has 0 bridgehead atoms. The molecule has 1 amide bonds. The van der Waals surface area contributed by atoms with Crippen LogP contribution < -0.4 is 15.4 Å². The summed E-state index contributed by atoms with van der Waals surface area (Å²) < 4.78 is 6.03. The lowest BCUT2D eigenvalue weighted by Crippen LogP contribution is -2.44. The highest BCUT2D eigenvalue weighted by Gasteiger charge is 2.36. The Kier molecular flexibility index (Phi) is 7.88. The van der Waals surface area contributed by atoms with Crippen LogP contribution in [-0.2, 0) is 4.79 Å². The Hall–Kier alpha value is -3.46. The molecule has 2 heterocycles. The Bertz CT molecular complexity index is 1130. The zero-order chi connectivity index (χ0) is 25.8. The van der Waals surface area contributed by atoms with E-state index in [1.807, 2.05) is 0 Å². The lowest BCUT2D eigenvalue weighted by Gasteiger charge is -2.39. The first-order chi connectivity index (χ1) is 17.3. The van der Waals surface area contributed by atoms with Gasteiger partial charge in [0, 0.05) is 41.9 Å². The van der Waals surface area contributed by atoms with Gasteiger partial charge in [0.05, 0.1) is 10.6 Å². The Labute approximate surface area is 211 Å². The molecule has 1 unspecified atom stereocenters. The van der Waals surface area contributed by atoms with Gasteiger partial charge >= 0.3 is 0 Å². The van der Waals surface area contributed by atoms with E-state index in [0.717, 1.165) is 25.8 Å². The summed E-state index contributed by atoms with van der Waals surface area (Å²) >= 11 is 0. The van der Waals surface area contributed by atoms with Crippen LogP contribution in [0.2, 0.25) is 0 Å². The molecule has 0 aliphatic carbocycles. The molecule has 9 heteroatoms. The minimum absolute atomic E-state index is 0.0831. The van der Waals surface area contributed by atoms with Crippen LogP contribution in [0.5, 0.6) is 5.75 Å². The standard InChI is InChI=1S/C27H35N5O4/c1-18-8-6-9-19(2)30(18)14-4-3-5-15-31-23-17-22(32(34)35)12-13-24(23)36-25(27(31)33)20-10-7-11-21(16-20)26(28)29/h7,10-13,16-19,25H,3-6,8-9,14-15H2,1-2H3,(H3,28,29)/t18-,19+,25?. The summed E-state index contributed by atoms with van der Waals surface area (Å²) in [5, 5.41) is 19.1. The van der Waals surface area contributed by atoms with Gasteiger partial charge in [-0.05, 0) is 58.2 Å². The van der Waals surface area contributed by atoms with E-state index in [0.29, 0.717) is 41.2 Å². The van der Waals surface area contributed by atoms with Gasteiger partial charge in [0.1, 0.15) is 11.6 Å². The van der Waals surface area contributed by atoms with E-state index in [9.17, 15) is 14.9 Å². The maximum atomic E-state index is 13.6. The number of ether oxygens (including phenoxy) is 1. The average Bonchev–Trinajstić information content (AvgIpc) is 2.86. The number of likely N-dealkylation sites (tertiary alicyclic amines) is 1. The van der Waals surface area contributed by atoms with Gasteiger partial charge in [-0.2, -0.15) is 0 Å². The first kappa shape index (κ1) is 25.6. The van der Waals surface area contributed by atoms with Gasteiger partial charge in [-0.15, -0.1) is 0 Å². The van der Waals surface area contributed by atoms with Crippen LogP contribution in [0.1, 0.15) is 69.6 Å². The van der Waals surface area contributed by atoms with Crippen LogP contribution in [0, 0.1) is 15.5 Å². The van der Waals surface area contributed by atoms with Crippen LogP contribution in [0.15, 0.2) is 42.5 Å². The highest BCUT2D eigenvalue weighted by molar-refractivity contribution is 6.01. The zero-order valence-electron chi connectivity index (χ0n) is 21.0. The number of hydrogen-bond acceptors (Lipinski definition) is 6. The molecule has 2 aromatic rings. The molecule has 0 spiro atoms. The third-order valence-corrected chi connectivity index (χ3v) is 7.35. The maximum Gasteiger partial charge on any atom is 0.272 e. The fourth-order valence-electron chi connectivity index (χ4n) is 5.33. The molecule has 9 nitrogen and oxygen atoms in total. The smallest absolute Gasteiger partial charge is 0.272 e. The summed E-state index contributed by atoms with van der Waals surface area (Å²) in [6.45, 7) is 6.09. The SMILES string of the molecule is C[C@@H]1CCC[C@H](C)N1CCCCCN1C(=O)C(c2cccc(C(=N)N)c2)Oc2ccc([N+](=O)[O-])cc21. The number of amides is 1. The predicted octanol–water partition coefficient (Wildman–Crippen LogP) is 4.78. The van der Waals surface area contributed by atoms with Crippen molar-refractivity contribution in [3.63, 3.8) is 0 Å². The predicted molar refractivity (Wildman–Crippen MR) is 140 cm³/mol. The molecule has 2 aliphatic rings. The van der Waals surface area contributed by atoms with Crippen molar-refractivity contribution in [2.75, 3.05) is 18.0 Å². The van der Waals surface area contributed by atoms with E-state index >= 15 is 0 Å². The van der Waals surface area contributed by atoms with E-state index in [2.05, 4.69) is 18.7 Å². The van der Waals surface area contributed by atoms with Gasteiger partial charge in [-0.1, -0.05) is 31.0 Å². The molecule has 3 N–H and O–H groups in total. The quantitative estimate of drug-likeness (QED) is 0.170. The molecule has 1 fully saturated rings. The van der Waals surface area contributed by atoms with Crippen molar-refractivity contribution >= 4 is 23.1 Å². The number of nitrogens with two attached hydrogens (primary N) is 1. The number of nitro benzene ring substituents is 1. The van der Waals surface area contributed by atoms with Crippen LogP contribution >= 0.6 is 0 Å². The largest absolute Gasteiger partial charge is 0.474 e. The molecule has 192 valence electrons. The van der Waals surface area contributed by atoms with Crippen molar-refractivity contribution in [3.05, 3.63) is 63.7 Å². The second-order valence-corrected chi connectivity index (χ2v) is 9.86. The van der Waals surface area contributed by atoms with Gasteiger partial charge in [0.25, 0.3) is 11.6 Å². The Balaban J connectivity index is 1.49. The third-order valence-electron chi connectivity index (χ3n) is 7.35. The molecular formula is C27H35N5O4. The van der Waals surface area contributed by atoms with Crippen LogP contribution in [-0.4, -0.2) is 46.7 Å². The number of nitrogens with zero attached hydrogens (tertiary/aromatic N) is 3. The number of hydrogen-bond donors (Lipinski definition) is 2. The van der Waals surface area contributed by atoms with Gasteiger partial charge in [-0.3, -0.25) is 25.2 Å². The van der Waals surface area contributed by atoms with Crippen LogP contribution in [0.25, 0.3) is 0 Å². The number of nitrogens with one attached hydrogen (secondary N) is 1. The number of fused-ring (bicyclic) bond motifs is 1. The van der Waals surface area contributed by atoms with E-state index in [1.54, 1.807) is 35.2 Å². The molecule has 2 aliphatic heterocycles. The molecule has 2 aromatic carbocycles. The lowest BCUT2D eigenvalue weighted by atomic mass is 9.97. The highest BCUT2D eigenvalue weighted by Crippen LogP contribution is 2.41. The minimum atomic E-state index is -0.909. The number of anilines is 1. The molecule has 0 radical (unpaired) electrons. The van der Waals surface area contributed by atoms with Crippen LogP contribution in [0.3, 0.4) is 0 Å². The molecule has 0 aromatic heterocycles. The van der Waals surface area contributed by atoms with E-state index in [-0.39, 0.29) is 17.4 Å². The maximum absolute atomic E-state index is 13.6. The number of unbranched alkanes of at least 4 members (excludes halogenated alkanes) is 2. The van der Waals surface area contributed by atoms with Crippen molar-refractivity contribution in [2.24, 2.45) is 5.73 Å². The Morgan fingerprint density at radius 1 is 1.11 bits per heavy atom. The minimum Gasteiger partial charge on any atom is -0.474 e. The number of nitro groups is 1. The number of carbonyl (C=O) groups is 1. The van der Waals surface area contributed by atoms with Gasteiger partial charge < -0.3 is 15.4 Å². The number of piperidine rings is 1. The van der Waals surface area contributed by atoms with Gasteiger partial charge in [0.15, 0.2) is 0 Å². The second kappa shape index (κ2) is 11.1. The van der Waals surface area contributed by atoms with Gasteiger partial charge in [-0.25, -0.2) is 0 Å².